The van der Waals surface area contributed by atoms with Gasteiger partial charge in [-0.15, -0.1) is 11.6 Å². The van der Waals surface area contributed by atoms with Crippen LogP contribution in [0.4, 0.5) is 0 Å². The number of carbonyl (C=O) groups excluding carboxylic acids is 1. The van der Waals surface area contributed by atoms with Crippen molar-refractivity contribution in [1.82, 2.24) is 4.90 Å². The Morgan fingerprint density at radius 2 is 2.27 bits per heavy atom. The first kappa shape index (κ1) is 12.8. The Balaban J connectivity index is 2.35. The number of halogens is 1. The molecule has 0 spiro atoms. The van der Waals surface area contributed by atoms with Gasteiger partial charge in [-0.3, -0.25) is 4.79 Å². The molecule has 3 nitrogen and oxygen atoms in total. The highest BCUT2D eigenvalue weighted by molar-refractivity contribution is 6.17. The van der Waals surface area contributed by atoms with E-state index >= 15 is 0 Å². The molecule has 0 aromatic rings. The first-order valence-corrected chi connectivity index (χ1v) is 6.26. The number of hydrogen-bond acceptors (Lipinski definition) is 2. The van der Waals surface area contributed by atoms with Crippen molar-refractivity contribution in [2.24, 2.45) is 0 Å². The smallest absolute Gasteiger partial charge is 0.248 e. The standard InChI is InChI=1S/C11H20ClNO2/c1-2-15-9-11(14)13(8-4-7-12)10-5-3-6-10/h10H,2-9H2,1H3. The molecule has 0 bridgehead atoms. The van der Waals surface area contributed by atoms with Crippen molar-refractivity contribution < 1.29 is 9.53 Å². The minimum absolute atomic E-state index is 0.117. The number of ether oxygens (including phenoxy) is 1. The van der Waals surface area contributed by atoms with Gasteiger partial charge >= 0.3 is 0 Å². The molecule has 1 aliphatic rings. The molecule has 1 amide bonds. The normalized spacial score (nSPS) is 16.1. The maximum Gasteiger partial charge on any atom is 0.248 e. The van der Waals surface area contributed by atoms with Gasteiger partial charge in [-0.1, -0.05) is 0 Å². The number of rotatable bonds is 7. The first-order chi connectivity index (χ1) is 7.29. The van der Waals surface area contributed by atoms with E-state index < -0.39 is 0 Å². The highest BCUT2D eigenvalue weighted by Crippen LogP contribution is 2.25. The van der Waals surface area contributed by atoms with E-state index in [9.17, 15) is 4.79 Å². The Kier molecular flexibility index (Phi) is 6.03. The Labute approximate surface area is 96.7 Å². The van der Waals surface area contributed by atoms with Crippen LogP contribution in [0.3, 0.4) is 0 Å². The molecule has 0 radical (unpaired) electrons. The average molecular weight is 234 g/mol. The maximum atomic E-state index is 11.8. The zero-order chi connectivity index (χ0) is 11.1. The third-order valence-electron chi connectivity index (χ3n) is 2.80. The number of carbonyl (C=O) groups is 1. The molecule has 1 rings (SSSR count). The summed E-state index contributed by atoms with van der Waals surface area (Å²) in [6, 6.07) is 0.446. The Bertz CT molecular complexity index is 195. The molecule has 1 saturated carbocycles. The molecule has 15 heavy (non-hydrogen) atoms. The lowest BCUT2D eigenvalue weighted by atomic mass is 9.91. The number of nitrogens with zero attached hydrogens (tertiary/aromatic N) is 1. The van der Waals surface area contributed by atoms with Gasteiger partial charge in [-0.2, -0.15) is 0 Å². The van der Waals surface area contributed by atoms with Crippen LogP contribution in [0, 0.1) is 0 Å². The number of hydrogen-bond donors (Lipinski definition) is 0. The van der Waals surface area contributed by atoms with E-state index in [1.165, 1.54) is 6.42 Å². The molecule has 4 heteroatoms. The van der Waals surface area contributed by atoms with Gasteiger partial charge < -0.3 is 9.64 Å². The van der Waals surface area contributed by atoms with Gasteiger partial charge in [0.1, 0.15) is 6.61 Å². The SMILES string of the molecule is CCOCC(=O)N(CCCCl)C1CCC1. The zero-order valence-electron chi connectivity index (χ0n) is 9.38. The summed E-state index contributed by atoms with van der Waals surface area (Å²) >= 11 is 5.65. The third kappa shape index (κ3) is 3.99. The maximum absolute atomic E-state index is 11.8. The van der Waals surface area contributed by atoms with Gasteiger partial charge in [0, 0.05) is 25.1 Å². The summed E-state index contributed by atoms with van der Waals surface area (Å²) in [5.74, 6) is 0.733. The monoisotopic (exact) mass is 233 g/mol. The molecule has 0 N–H and O–H groups in total. The highest BCUT2D eigenvalue weighted by atomic mass is 35.5. The quantitative estimate of drug-likeness (QED) is 0.630. The summed E-state index contributed by atoms with van der Waals surface area (Å²) in [6.45, 7) is 3.49. The molecule has 0 heterocycles. The Morgan fingerprint density at radius 3 is 2.73 bits per heavy atom. The average Bonchev–Trinajstić information content (AvgIpc) is 2.17. The molecule has 0 aromatic carbocycles. The molecule has 0 atom stereocenters. The lowest BCUT2D eigenvalue weighted by Crippen LogP contribution is -2.46. The van der Waals surface area contributed by atoms with E-state index in [1.54, 1.807) is 0 Å². The summed E-state index contributed by atoms with van der Waals surface area (Å²) in [5.41, 5.74) is 0. The van der Waals surface area contributed by atoms with Crippen LogP contribution in [0.5, 0.6) is 0 Å². The van der Waals surface area contributed by atoms with Crippen molar-refractivity contribution in [2.45, 2.75) is 38.6 Å². The predicted octanol–water partition coefficient (Wildman–Crippen LogP) is 2.03. The van der Waals surface area contributed by atoms with Crippen molar-refractivity contribution in [3.8, 4) is 0 Å². The van der Waals surface area contributed by atoms with Crippen LogP contribution in [-0.2, 0) is 9.53 Å². The lowest BCUT2D eigenvalue weighted by molar-refractivity contribution is -0.140. The summed E-state index contributed by atoms with van der Waals surface area (Å²) in [6.07, 6.45) is 4.39. The third-order valence-corrected chi connectivity index (χ3v) is 3.07. The molecule has 1 fully saturated rings. The molecule has 0 saturated heterocycles. The van der Waals surface area contributed by atoms with Gasteiger partial charge in [0.15, 0.2) is 0 Å². The molecule has 0 aromatic heterocycles. The fourth-order valence-electron chi connectivity index (χ4n) is 1.71. The minimum atomic E-state index is 0.117. The molecule has 88 valence electrons. The Hall–Kier alpha value is -0.280. The number of amides is 1. The minimum Gasteiger partial charge on any atom is -0.372 e. The van der Waals surface area contributed by atoms with Crippen molar-refractivity contribution in [2.75, 3.05) is 25.6 Å². The largest absolute Gasteiger partial charge is 0.372 e. The fourth-order valence-corrected chi connectivity index (χ4v) is 1.83. The Morgan fingerprint density at radius 1 is 1.53 bits per heavy atom. The van der Waals surface area contributed by atoms with E-state index in [2.05, 4.69) is 0 Å². The second kappa shape index (κ2) is 7.07. The van der Waals surface area contributed by atoms with Crippen LogP contribution in [0.2, 0.25) is 0 Å². The zero-order valence-corrected chi connectivity index (χ0v) is 10.1. The van der Waals surface area contributed by atoms with Crippen molar-refractivity contribution in [1.29, 1.82) is 0 Å². The molecular formula is C11H20ClNO2. The number of alkyl halides is 1. The van der Waals surface area contributed by atoms with Crippen LogP contribution in [0.15, 0.2) is 0 Å². The molecular weight excluding hydrogens is 214 g/mol. The van der Waals surface area contributed by atoms with E-state index in [0.717, 1.165) is 25.8 Å². The van der Waals surface area contributed by atoms with Gasteiger partial charge in [-0.25, -0.2) is 0 Å². The van der Waals surface area contributed by atoms with Crippen molar-refractivity contribution in [3.05, 3.63) is 0 Å². The van der Waals surface area contributed by atoms with Gasteiger partial charge in [0.2, 0.25) is 5.91 Å². The highest BCUT2D eigenvalue weighted by Gasteiger charge is 2.27. The van der Waals surface area contributed by atoms with Gasteiger partial charge in [0.05, 0.1) is 0 Å². The second-order valence-corrected chi connectivity index (χ2v) is 4.23. The van der Waals surface area contributed by atoms with Crippen molar-refractivity contribution >= 4 is 17.5 Å². The fraction of sp³-hybridized carbons (Fsp3) is 0.909. The summed E-state index contributed by atoms with van der Waals surface area (Å²) < 4.78 is 5.15. The van der Waals surface area contributed by atoms with Crippen LogP contribution in [-0.4, -0.2) is 42.5 Å². The van der Waals surface area contributed by atoms with E-state index in [-0.39, 0.29) is 12.5 Å². The van der Waals surface area contributed by atoms with Crippen LogP contribution in [0.25, 0.3) is 0 Å². The summed E-state index contributed by atoms with van der Waals surface area (Å²) in [5, 5.41) is 0. The molecule has 0 unspecified atom stereocenters. The van der Waals surface area contributed by atoms with E-state index in [1.807, 2.05) is 11.8 Å². The summed E-state index contributed by atoms with van der Waals surface area (Å²) in [4.78, 5) is 13.7. The first-order valence-electron chi connectivity index (χ1n) is 5.72. The summed E-state index contributed by atoms with van der Waals surface area (Å²) in [7, 11) is 0. The lowest BCUT2D eigenvalue weighted by Gasteiger charge is -2.37. The van der Waals surface area contributed by atoms with Crippen LogP contribution in [0.1, 0.15) is 32.6 Å². The van der Waals surface area contributed by atoms with E-state index in [0.29, 0.717) is 18.5 Å². The molecule has 1 aliphatic carbocycles. The van der Waals surface area contributed by atoms with Gasteiger partial charge in [0.25, 0.3) is 0 Å². The second-order valence-electron chi connectivity index (χ2n) is 3.85. The molecule has 0 aliphatic heterocycles. The van der Waals surface area contributed by atoms with Crippen LogP contribution >= 0.6 is 11.6 Å². The van der Waals surface area contributed by atoms with Crippen molar-refractivity contribution in [3.63, 3.8) is 0 Å². The topological polar surface area (TPSA) is 29.5 Å². The van der Waals surface area contributed by atoms with E-state index in [4.69, 9.17) is 16.3 Å². The predicted molar refractivity (Wildman–Crippen MR) is 61.2 cm³/mol. The van der Waals surface area contributed by atoms with Gasteiger partial charge in [-0.05, 0) is 32.6 Å². The van der Waals surface area contributed by atoms with Crippen LogP contribution < -0.4 is 0 Å².